The Morgan fingerprint density at radius 2 is 2.00 bits per heavy atom. The van der Waals surface area contributed by atoms with Crippen LogP contribution < -0.4 is 0 Å². The van der Waals surface area contributed by atoms with Crippen LogP contribution in [0.2, 0.25) is 0 Å². The summed E-state index contributed by atoms with van der Waals surface area (Å²) in [6.45, 7) is 4.97. The van der Waals surface area contributed by atoms with Gasteiger partial charge in [-0.25, -0.2) is 4.79 Å². The standard InChI is InChI=1S/C11H19NO4/c1-8-3-5-12(6-4-8)10(13)7-16-9(2)11(14)15/h8-9H,3-7H2,1-2H3,(H,14,15)/t9-/m0/s1. The van der Waals surface area contributed by atoms with Crippen molar-refractivity contribution in [1.29, 1.82) is 0 Å². The molecule has 5 heteroatoms. The first-order valence-corrected chi connectivity index (χ1v) is 5.63. The van der Waals surface area contributed by atoms with Gasteiger partial charge in [-0.3, -0.25) is 4.79 Å². The summed E-state index contributed by atoms with van der Waals surface area (Å²) in [6, 6.07) is 0. The normalized spacial score (nSPS) is 19.5. The maximum atomic E-state index is 11.6. The number of nitrogens with zero attached hydrogens (tertiary/aromatic N) is 1. The Morgan fingerprint density at radius 3 is 2.50 bits per heavy atom. The van der Waals surface area contributed by atoms with E-state index in [0.29, 0.717) is 5.92 Å². The molecule has 0 aromatic heterocycles. The van der Waals surface area contributed by atoms with E-state index in [9.17, 15) is 9.59 Å². The Morgan fingerprint density at radius 1 is 1.44 bits per heavy atom. The fraction of sp³-hybridized carbons (Fsp3) is 0.818. The number of carboxylic acids is 1. The largest absolute Gasteiger partial charge is 0.479 e. The topological polar surface area (TPSA) is 66.8 Å². The number of hydrogen-bond donors (Lipinski definition) is 1. The Balaban J connectivity index is 2.27. The van der Waals surface area contributed by atoms with Crippen LogP contribution >= 0.6 is 0 Å². The van der Waals surface area contributed by atoms with Crippen LogP contribution in [0.4, 0.5) is 0 Å². The number of carbonyl (C=O) groups is 2. The van der Waals surface area contributed by atoms with Gasteiger partial charge in [0.05, 0.1) is 0 Å². The number of carbonyl (C=O) groups excluding carboxylic acids is 1. The van der Waals surface area contributed by atoms with Gasteiger partial charge in [-0.05, 0) is 25.7 Å². The third-order valence-electron chi connectivity index (χ3n) is 2.94. The molecule has 92 valence electrons. The predicted molar refractivity (Wildman–Crippen MR) is 58.0 cm³/mol. The Bertz CT molecular complexity index is 259. The van der Waals surface area contributed by atoms with Crippen LogP contribution in [-0.4, -0.2) is 47.7 Å². The molecule has 0 aromatic carbocycles. The molecule has 1 heterocycles. The number of amides is 1. The second-order valence-corrected chi connectivity index (χ2v) is 4.35. The maximum absolute atomic E-state index is 11.6. The highest BCUT2D eigenvalue weighted by Crippen LogP contribution is 2.15. The first-order valence-electron chi connectivity index (χ1n) is 5.63. The monoisotopic (exact) mass is 229 g/mol. The van der Waals surface area contributed by atoms with E-state index in [-0.39, 0.29) is 12.5 Å². The molecule has 0 saturated carbocycles. The van der Waals surface area contributed by atoms with Crippen LogP contribution in [0, 0.1) is 5.92 Å². The zero-order valence-electron chi connectivity index (χ0n) is 9.81. The van der Waals surface area contributed by atoms with E-state index >= 15 is 0 Å². The van der Waals surface area contributed by atoms with Crippen LogP contribution in [0.25, 0.3) is 0 Å². The van der Waals surface area contributed by atoms with E-state index in [1.165, 1.54) is 6.92 Å². The van der Waals surface area contributed by atoms with Crippen LogP contribution in [0.3, 0.4) is 0 Å². The molecule has 1 saturated heterocycles. The summed E-state index contributed by atoms with van der Waals surface area (Å²) in [5, 5.41) is 8.59. The Hall–Kier alpha value is -1.10. The lowest BCUT2D eigenvalue weighted by atomic mass is 9.99. The summed E-state index contributed by atoms with van der Waals surface area (Å²) < 4.78 is 4.95. The van der Waals surface area contributed by atoms with Gasteiger partial charge in [0.15, 0.2) is 6.10 Å². The highest BCUT2D eigenvalue weighted by Gasteiger charge is 2.21. The van der Waals surface area contributed by atoms with Gasteiger partial charge in [0.2, 0.25) is 5.91 Å². The smallest absolute Gasteiger partial charge is 0.332 e. The fourth-order valence-corrected chi connectivity index (χ4v) is 1.62. The number of carboxylic acid groups (broad SMARTS) is 1. The second kappa shape index (κ2) is 5.84. The third kappa shape index (κ3) is 3.81. The molecule has 0 bridgehead atoms. The molecular formula is C11H19NO4. The van der Waals surface area contributed by atoms with Crippen molar-refractivity contribution in [2.75, 3.05) is 19.7 Å². The molecule has 16 heavy (non-hydrogen) atoms. The van der Waals surface area contributed by atoms with Crippen LogP contribution in [0.5, 0.6) is 0 Å². The highest BCUT2D eigenvalue weighted by molar-refractivity contribution is 5.78. The van der Waals surface area contributed by atoms with E-state index < -0.39 is 12.1 Å². The van der Waals surface area contributed by atoms with Gasteiger partial charge in [0, 0.05) is 13.1 Å². The first kappa shape index (κ1) is 13.0. The van der Waals surface area contributed by atoms with E-state index in [1.54, 1.807) is 4.90 Å². The number of aliphatic carboxylic acids is 1. The molecular weight excluding hydrogens is 210 g/mol. The van der Waals surface area contributed by atoms with Gasteiger partial charge in [0.25, 0.3) is 0 Å². The van der Waals surface area contributed by atoms with Crippen molar-refractivity contribution in [1.82, 2.24) is 4.90 Å². The van der Waals surface area contributed by atoms with E-state index in [4.69, 9.17) is 9.84 Å². The predicted octanol–water partition coefficient (Wildman–Crippen LogP) is 0.735. The molecule has 0 unspecified atom stereocenters. The number of likely N-dealkylation sites (tertiary alicyclic amines) is 1. The average molecular weight is 229 g/mol. The molecule has 0 aromatic rings. The number of hydrogen-bond acceptors (Lipinski definition) is 3. The van der Waals surface area contributed by atoms with Gasteiger partial charge in [-0.1, -0.05) is 6.92 Å². The number of piperidine rings is 1. The van der Waals surface area contributed by atoms with Crippen molar-refractivity contribution in [3.63, 3.8) is 0 Å². The molecule has 1 aliphatic heterocycles. The van der Waals surface area contributed by atoms with Crippen LogP contribution in [-0.2, 0) is 14.3 Å². The molecule has 5 nitrogen and oxygen atoms in total. The number of rotatable bonds is 4. The molecule has 1 amide bonds. The summed E-state index contributed by atoms with van der Waals surface area (Å²) in [7, 11) is 0. The van der Waals surface area contributed by atoms with Crippen LogP contribution in [0.15, 0.2) is 0 Å². The van der Waals surface area contributed by atoms with Gasteiger partial charge in [-0.15, -0.1) is 0 Å². The Kier molecular flexibility index (Phi) is 4.73. The molecule has 1 atom stereocenters. The van der Waals surface area contributed by atoms with E-state index in [1.807, 2.05) is 0 Å². The highest BCUT2D eigenvalue weighted by atomic mass is 16.5. The lowest BCUT2D eigenvalue weighted by molar-refractivity contribution is -0.153. The van der Waals surface area contributed by atoms with Crippen molar-refractivity contribution < 1.29 is 19.4 Å². The van der Waals surface area contributed by atoms with Crippen LogP contribution in [0.1, 0.15) is 26.7 Å². The van der Waals surface area contributed by atoms with Crippen molar-refractivity contribution in [2.24, 2.45) is 5.92 Å². The molecule has 1 fully saturated rings. The molecule has 0 radical (unpaired) electrons. The zero-order chi connectivity index (χ0) is 12.1. The summed E-state index contributed by atoms with van der Waals surface area (Å²) >= 11 is 0. The zero-order valence-corrected chi connectivity index (χ0v) is 9.81. The van der Waals surface area contributed by atoms with Crippen molar-refractivity contribution in [3.8, 4) is 0 Å². The minimum atomic E-state index is -1.04. The summed E-state index contributed by atoms with van der Waals surface area (Å²) in [6.07, 6.45) is 1.10. The summed E-state index contributed by atoms with van der Waals surface area (Å²) in [4.78, 5) is 23.9. The van der Waals surface area contributed by atoms with Crippen molar-refractivity contribution >= 4 is 11.9 Å². The lowest BCUT2D eigenvalue weighted by Gasteiger charge is -2.30. The average Bonchev–Trinajstić information content (AvgIpc) is 2.26. The van der Waals surface area contributed by atoms with Crippen molar-refractivity contribution in [2.45, 2.75) is 32.8 Å². The molecule has 0 aliphatic carbocycles. The molecule has 1 aliphatic rings. The lowest BCUT2D eigenvalue weighted by Crippen LogP contribution is -2.40. The van der Waals surface area contributed by atoms with Gasteiger partial charge in [0.1, 0.15) is 6.61 Å². The fourth-order valence-electron chi connectivity index (χ4n) is 1.62. The minimum Gasteiger partial charge on any atom is -0.479 e. The minimum absolute atomic E-state index is 0.111. The molecule has 1 N–H and O–H groups in total. The second-order valence-electron chi connectivity index (χ2n) is 4.35. The molecule has 0 spiro atoms. The maximum Gasteiger partial charge on any atom is 0.332 e. The quantitative estimate of drug-likeness (QED) is 0.772. The van der Waals surface area contributed by atoms with E-state index in [2.05, 4.69) is 6.92 Å². The van der Waals surface area contributed by atoms with Gasteiger partial charge in [-0.2, -0.15) is 0 Å². The summed E-state index contributed by atoms with van der Waals surface area (Å²) in [5.41, 5.74) is 0. The van der Waals surface area contributed by atoms with E-state index in [0.717, 1.165) is 25.9 Å². The first-order chi connectivity index (χ1) is 7.50. The molecule has 1 rings (SSSR count). The third-order valence-corrected chi connectivity index (χ3v) is 2.94. The summed E-state index contributed by atoms with van der Waals surface area (Å²) in [5.74, 6) is -0.483. The van der Waals surface area contributed by atoms with Crippen molar-refractivity contribution in [3.05, 3.63) is 0 Å². The van der Waals surface area contributed by atoms with Gasteiger partial charge >= 0.3 is 5.97 Å². The Labute approximate surface area is 95.4 Å². The SMILES string of the molecule is CC1CCN(C(=O)CO[C@@H](C)C(=O)O)CC1. The number of ether oxygens (including phenoxy) is 1. The van der Waals surface area contributed by atoms with Gasteiger partial charge < -0.3 is 14.7 Å².